The van der Waals surface area contributed by atoms with Gasteiger partial charge >= 0.3 is 0 Å². The van der Waals surface area contributed by atoms with Crippen molar-refractivity contribution in [3.8, 4) is 5.75 Å². The summed E-state index contributed by atoms with van der Waals surface area (Å²) in [5.41, 5.74) is 0.920. The van der Waals surface area contributed by atoms with E-state index in [4.69, 9.17) is 40.2 Å². The first kappa shape index (κ1) is 20.8. The summed E-state index contributed by atoms with van der Waals surface area (Å²) < 4.78 is 5.43. The second kappa shape index (κ2) is 9.04. The molecule has 3 rings (SSSR count). The van der Waals surface area contributed by atoms with E-state index in [1.165, 1.54) is 12.1 Å². The molecule has 0 aliphatic carbocycles. The molecular formula is C19H13Cl2N3O4S. The van der Waals surface area contributed by atoms with Gasteiger partial charge in [0.05, 0.1) is 10.7 Å². The Morgan fingerprint density at radius 1 is 1.07 bits per heavy atom. The van der Waals surface area contributed by atoms with E-state index in [1.54, 1.807) is 36.4 Å². The van der Waals surface area contributed by atoms with Gasteiger partial charge in [-0.1, -0.05) is 35.3 Å². The summed E-state index contributed by atoms with van der Waals surface area (Å²) in [5, 5.41) is 8.10. The number of nitrogens with one attached hydrogen (secondary N) is 3. The van der Waals surface area contributed by atoms with Gasteiger partial charge in [-0.15, -0.1) is 0 Å². The summed E-state index contributed by atoms with van der Waals surface area (Å²) in [6.07, 6.45) is 1.42. The van der Waals surface area contributed by atoms with E-state index in [-0.39, 0.29) is 17.3 Å². The average molecular weight is 450 g/mol. The van der Waals surface area contributed by atoms with Crippen molar-refractivity contribution in [1.82, 2.24) is 10.6 Å². The minimum Gasteiger partial charge on any atom is -0.484 e. The average Bonchev–Trinajstić information content (AvgIpc) is 2.67. The molecule has 0 aromatic heterocycles. The number of amides is 3. The van der Waals surface area contributed by atoms with E-state index in [1.807, 2.05) is 0 Å². The third-order valence-corrected chi connectivity index (χ3v) is 4.48. The van der Waals surface area contributed by atoms with Gasteiger partial charge in [-0.25, -0.2) is 0 Å². The predicted molar refractivity (Wildman–Crippen MR) is 114 cm³/mol. The highest BCUT2D eigenvalue weighted by Gasteiger charge is 2.25. The maximum absolute atomic E-state index is 12.0. The summed E-state index contributed by atoms with van der Waals surface area (Å²) >= 11 is 16.6. The fourth-order valence-electron chi connectivity index (χ4n) is 2.36. The molecule has 148 valence electrons. The lowest BCUT2D eigenvalue weighted by atomic mass is 10.1. The van der Waals surface area contributed by atoms with Crippen LogP contribution in [0.2, 0.25) is 10.0 Å². The van der Waals surface area contributed by atoms with Crippen molar-refractivity contribution in [1.29, 1.82) is 0 Å². The number of halogens is 2. The SMILES string of the molecule is O=C(COc1ccc(C=C2C(=O)NC(=S)NC2=O)cc1)Nc1cc(Cl)ccc1Cl. The number of rotatable bonds is 5. The number of carbonyl (C=O) groups excluding carboxylic acids is 3. The van der Waals surface area contributed by atoms with E-state index >= 15 is 0 Å². The Kier molecular flexibility index (Phi) is 6.48. The smallest absolute Gasteiger partial charge is 0.263 e. The van der Waals surface area contributed by atoms with Gasteiger partial charge in [0, 0.05) is 5.02 Å². The van der Waals surface area contributed by atoms with Gasteiger partial charge in [0.1, 0.15) is 11.3 Å². The van der Waals surface area contributed by atoms with E-state index < -0.39 is 17.7 Å². The van der Waals surface area contributed by atoms with Gasteiger partial charge < -0.3 is 10.1 Å². The highest BCUT2D eigenvalue weighted by Crippen LogP contribution is 2.25. The molecule has 29 heavy (non-hydrogen) atoms. The summed E-state index contributed by atoms with van der Waals surface area (Å²) in [6, 6.07) is 11.2. The number of hydrogen-bond donors (Lipinski definition) is 3. The quantitative estimate of drug-likeness (QED) is 0.370. The molecule has 1 heterocycles. The third kappa shape index (κ3) is 5.54. The van der Waals surface area contributed by atoms with Crippen molar-refractivity contribution in [2.75, 3.05) is 11.9 Å². The topological polar surface area (TPSA) is 96.5 Å². The standard InChI is InChI=1S/C19H13Cl2N3O4S/c20-11-3-6-14(21)15(8-11)22-16(25)9-28-12-4-1-10(2-5-12)7-13-17(26)23-19(29)24-18(13)27/h1-8H,9H2,(H,22,25)(H2,23,24,26,27,29). The summed E-state index contributed by atoms with van der Waals surface area (Å²) in [5.74, 6) is -1.13. The monoisotopic (exact) mass is 449 g/mol. The number of benzene rings is 2. The van der Waals surface area contributed by atoms with Gasteiger partial charge in [0.25, 0.3) is 17.7 Å². The van der Waals surface area contributed by atoms with Gasteiger partial charge in [-0.05, 0) is 54.2 Å². The lowest BCUT2D eigenvalue weighted by Crippen LogP contribution is -2.51. The van der Waals surface area contributed by atoms with Crippen LogP contribution in [-0.4, -0.2) is 29.4 Å². The molecule has 0 atom stereocenters. The molecule has 1 aliphatic rings. The zero-order valence-corrected chi connectivity index (χ0v) is 17.0. The Morgan fingerprint density at radius 2 is 1.72 bits per heavy atom. The number of carbonyl (C=O) groups is 3. The molecule has 2 aromatic rings. The molecule has 2 aromatic carbocycles. The fourth-order valence-corrected chi connectivity index (χ4v) is 2.88. The van der Waals surface area contributed by atoms with Crippen molar-refractivity contribution in [3.63, 3.8) is 0 Å². The molecule has 0 spiro atoms. The minimum atomic E-state index is -0.574. The minimum absolute atomic E-state index is 0.0294. The first-order valence-electron chi connectivity index (χ1n) is 8.18. The fraction of sp³-hybridized carbons (Fsp3) is 0.0526. The molecule has 1 aliphatic heterocycles. The van der Waals surface area contributed by atoms with Gasteiger partial charge in [0.15, 0.2) is 11.7 Å². The number of anilines is 1. The van der Waals surface area contributed by atoms with Crippen LogP contribution < -0.4 is 20.7 Å². The van der Waals surface area contributed by atoms with Crippen molar-refractivity contribution in [3.05, 3.63) is 63.6 Å². The van der Waals surface area contributed by atoms with Crippen molar-refractivity contribution in [2.24, 2.45) is 0 Å². The van der Waals surface area contributed by atoms with Crippen LogP contribution in [0.25, 0.3) is 6.08 Å². The van der Waals surface area contributed by atoms with Crippen LogP contribution >= 0.6 is 35.4 Å². The van der Waals surface area contributed by atoms with Gasteiger partial charge in [-0.2, -0.15) is 0 Å². The molecule has 1 saturated heterocycles. The molecule has 10 heteroatoms. The second-order valence-electron chi connectivity index (χ2n) is 5.83. The lowest BCUT2D eigenvalue weighted by Gasteiger charge is -2.16. The number of hydrogen-bond acceptors (Lipinski definition) is 5. The van der Waals surface area contributed by atoms with Gasteiger partial charge in [0.2, 0.25) is 0 Å². The second-order valence-corrected chi connectivity index (χ2v) is 7.08. The largest absolute Gasteiger partial charge is 0.484 e. The summed E-state index contributed by atoms with van der Waals surface area (Å²) in [6.45, 7) is -0.245. The maximum Gasteiger partial charge on any atom is 0.263 e. The lowest BCUT2D eigenvalue weighted by molar-refractivity contribution is -0.123. The summed E-state index contributed by atoms with van der Waals surface area (Å²) in [7, 11) is 0. The van der Waals surface area contributed by atoms with Crippen molar-refractivity contribution < 1.29 is 19.1 Å². The van der Waals surface area contributed by atoms with Crippen LogP contribution in [-0.2, 0) is 14.4 Å². The highest BCUT2D eigenvalue weighted by molar-refractivity contribution is 7.80. The molecule has 3 amide bonds. The van der Waals surface area contributed by atoms with Crippen LogP contribution in [0, 0.1) is 0 Å². The molecule has 1 fully saturated rings. The van der Waals surface area contributed by atoms with Crippen LogP contribution in [0.3, 0.4) is 0 Å². The molecular weight excluding hydrogens is 437 g/mol. The molecule has 0 unspecified atom stereocenters. The van der Waals surface area contributed by atoms with Crippen LogP contribution in [0.5, 0.6) is 5.75 Å². The van der Waals surface area contributed by atoms with E-state index in [0.29, 0.717) is 27.0 Å². The van der Waals surface area contributed by atoms with Crippen molar-refractivity contribution >= 4 is 70.0 Å². The first-order chi connectivity index (χ1) is 13.8. The predicted octanol–water partition coefficient (Wildman–Crippen LogP) is 2.93. The first-order valence-corrected chi connectivity index (χ1v) is 9.34. The maximum atomic E-state index is 12.0. The van der Waals surface area contributed by atoms with Crippen LogP contribution in [0.1, 0.15) is 5.56 Å². The molecule has 3 N–H and O–H groups in total. The molecule has 0 saturated carbocycles. The van der Waals surface area contributed by atoms with E-state index in [0.717, 1.165) is 0 Å². The van der Waals surface area contributed by atoms with Crippen LogP contribution in [0.15, 0.2) is 48.0 Å². The summed E-state index contributed by atoms with van der Waals surface area (Å²) in [4.78, 5) is 35.7. The van der Waals surface area contributed by atoms with E-state index in [2.05, 4.69) is 16.0 Å². The Morgan fingerprint density at radius 3 is 2.38 bits per heavy atom. The zero-order chi connectivity index (χ0) is 21.0. The molecule has 0 radical (unpaired) electrons. The number of thiocarbonyl (C=S) groups is 1. The highest BCUT2D eigenvalue weighted by atomic mass is 35.5. The molecule has 7 nitrogen and oxygen atoms in total. The van der Waals surface area contributed by atoms with Crippen LogP contribution in [0.4, 0.5) is 5.69 Å². The van der Waals surface area contributed by atoms with E-state index in [9.17, 15) is 14.4 Å². The van der Waals surface area contributed by atoms with Gasteiger partial charge in [-0.3, -0.25) is 25.0 Å². The third-order valence-electron chi connectivity index (χ3n) is 3.71. The Hall–Kier alpha value is -2.94. The Balaban J connectivity index is 1.59. The Bertz CT molecular complexity index is 1020. The number of ether oxygens (including phenoxy) is 1. The van der Waals surface area contributed by atoms with Crippen molar-refractivity contribution in [2.45, 2.75) is 0 Å². The zero-order valence-electron chi connectivity index (χ0n) is 14.6. The normalized spacial score (nSPS) is 13.4. The Labute approximate surface area is 181 Å². The molecule has 0 bridgehead atoms.